The van der Waals surface area contributed by atoms with Gasteiger partial charge < -0.3 is 20.4 Å². The van der Waals surface area contributed by atoms with Crippen LogP contribution in [0.2, 0.25) is 0 Å². The highest BCUT2D eigenvalue weighted by atomic mass is 16.3. The van der Waals surface area contributed by atoms with Gasteiger partial charge in [-0.2, -0.15) is 0 Å². The molecule has 2 aromatic carbocycles. The number of aromatic hydroxyl groups is 3. The summed E-state index contributed by atoms with van der Waals surface area (Å²) in [6.07, 6.45) is 0. The smallest absolute Gasteiger partial charge is 0.201 e. The van der Waals surface area contributed by atoms with Crippen molar-refractivity contribution < 1.29 is 30.0 Å². The molecule has 0 spiro atoms. The topological polar surface area (TPSA) is 115 Å². The molecule has 0 amide bonds. The van der Waals surface area contributed by atoms with Crippen LogP contribution in [0.3, 0.4) is 0 Å². The van der Waals surface area contributed by atoms with Crippen LogP contribution in [0.4, 0.5) is 0 Å². The van der Waals surface area contributed by atoms with Crippen molar-refractivity contribution in [2.24, 2.45) is 0 Å². The molecule has 0 heterocycles. The number of aryl methyl sites for hydroxylation is 1. The number of phenols is 3. The lowest BCUT2D eigenvalue weighted by atomic mass is 9.82. The van der Waals surface area contributed by atoms with Gasteiger partial charge in [-0.25, -0.2) is 0 Å². The van der Waals surface area contributed by atoms with E-state index >= 15 is 0 Å². The van der Waals surface area contributed by atoms with Crippen LogP contribution in [0, 0.1) is 6.92 Å². The van der Waals surface area contributed by atoms with Crippen LogP contribution in [0.1, 0.15) is 44.3 Å². The van der Waals surface area contributed by atoms with Gasteiger partial charge in [0, 0.05) is 23.8 Å². The molecule has 0 fully saturated rings. The summed E-state index contributed by atoms with van der Waals surface area (Å²) in [5, 5.41) is 36.7. The molecule has 6 nitrogen and oxygen atoms in total. The van der Waals surface area contributed by atoms with E-state index in [1.807, 2.05) is 0 Å². The molecule has 120 valence electrons. The highest BCUT2D eigenvalue weighted by Gasteiger charge is 2.34. The van der Waals surface area contributed by atoms with E-state index in [9.17, 15) is 24.9 Å². The number of ketones is 2. The monoisotopic (exact) mass is 316 g/mol. The van der Waals surface area contributed by atoms with Crippen molar-refractivity contribution in [2.75, 3.05) is 6.61 Å². The molecule has 1 aliphatic rings. The summed E-state index contributed by atoms with van der Waals surface area (Å²) in [6.45, 7) is 3.62. The predicted octanol–water partition coefficient (Wildman–Crippen LogP) is 1.89. The fraction of sp³-hybridized carbons (Fsp3) is 0.176. The molecule has 0 atom stereocenters. The number of aliphatic hydroxyl groups is 1. The van der Waals surface area contributed by atoms with E-state index in [2.05, 4.69) is 0 Å². The lowest BCUT2D eigenvalue weighted by molar-refractivity contribution is 0.0974. The average molecular weight is 316 g/mol. The minimum Gasteiger partial charge on any atom is -0.508 e. The maximum atomic E-state index is 12.4. The fourth-order valence-corrected chi connectivity index (χ4v) is 2.48. The van der Waals surface area contributed by atoms with Gasteiger partial charge in [0.05, 0.1) is 11.1 Å². The maximum Gasteiger partial charge on any atom is 0.201 e. The molecular formula is C17H16O6. The zero-order valence-electron chi connectivity index (χ0n) is 12.6. The number of hydrogen-bond acceptors (Lipinski definition) is 6. The summed E-state index contributed by atoms with van der Waals surface area (Å²) in [6, 6.07) is 5.00. The van der Waals surface area contributed by atoms with E-state index < -0.39 is 17.3 Å². The summed E-state index contributed by atoms with van der Waals surface area (Å²) in [7, 11) is 0. The number of hydrogen-bond donors (Lipinski definition) is 4. The van der Waals surface area contributed by atoms with Crippen LogP contribution < -0.4 is 0 Å². The van der Waals surface area contributed by atoms with Gasteiger partial charge in [-0.15, -0.1) is 0 Å². The number of phenolic OH excluding ortho intramolecular Hbond substituents is 3. The highest BCUT2D eigenvalue weighted by Crippen LogP contribution is 2.38. The van der Waals surface area contributed by atoms with Gasteiger partial charge in [-0.1, -0.05) is 0 Å². The number of fused-ring (bicyclic) bond motifs is 2. The van der Waals surface area contributed by atoms with E-state index in [0.29, 0.717) is 5.56 Å². The Balaban J connectivity index is 0.000000595. The molecule has 2 aromatic rings. The Morgan fingerprint density at radius 3 is 1.87 bits per heavy atom. The third kappa shape index (κ3) is 2.76. The van der Waals surface area contributed by atoms with Gasteiger partial charge in [-0.3, -0.25) is 9.59 Å². The number of rotatable bonds is 0. The second-order valence-corrected chi connectivity index (χ2v) is 5.07. The molecule has 23 heavy (non-hydrogen) atoms. The summed E-state index contributed by atoms with van der Waals surface area (Å²) in [5.41, 5.74) is 0.332. The Labute approximate surface area is 132 Å². The number of aliphatic hydroxyl groups excluding tert-OH is 1. The van der Waals surface area contributed by atoms with Crippen molar-refractivity contribution in [3.05, 3.63) is 52.1 Å². The number of carbonyl (C=O) groups excluding carboxylic acids is 2. The Hall–Kier alpha value is -2.86. The molecule has 6 heteroatoms. The standard InChI is InChI=1S/C15H10O5.C2H6O/c1-6-2-8-12(10(17)3-6)15(20)13-9(14(8)19)4-7(16)5-11(13)18;1-2-3/h2-5,16-18H,1H3;3H,2H2,1H3. The molecular weight excluding hydrogens is 300 g/mol. The molecule has 0 unspecified atom stereocenters. The van der Waals surface area contributed by atoms with E-state index in [1.165, 1.54) is 12.1 Å². The van der Waals surface area contributed by atoms with Crippen molar-refractivity contribution >= 4 is 11.6 Å². The van der Waals surface area contributed by atoms with Crippen LogP contribution >= 0.6 is 0 Å². The van der Waals surface area contributed by atoms with Gasteiger partial charge in [0.1, 0.15) is 17.2 Å². The Kier molecular flexibility index (Phi) is 4.38. The first-order valence-electron chi connectivity index (χ1n) is 6.91. The van der Waals surface area contributed by atoms with E-state index in [4.69, 9.17) is 5.11 Å². The van der Waals surface area contributed by atoms with Crippen molar-refractivity contribution in [2.45, 2.75) is 13.8 Å². The van der Waals surface area contributed by atoms with Crippen molar-refractivity contribution in [3.63, 3.8) is 0 Å². The van der Waals surface area contributed by atoms with Crippen molar-refractivity contribution in [3.8, 4) is 17.2 Å². The zero-order chi connectivity index (χ0) is 17.3. The molecule has 3 rings (SSSR count). The highest BCUT2D eigenvalue weighted by molar-refractivity contribution is 6.30. The average Bonchev–Trinajstić information content (AvgIpc) is 2.44. The summed E-state index contributed by atoms with van der Waals surface area (Å²) >= 11 is 0. The van der Waals surface area contributed by atoms with E-state index in [0.717, 1.165) is 12.1 Å². The van der Waals surface area contributed by atoms with Crippen LogP contribution in [0.5, 0.6) is 17.2 Å². The van der Waals surface area contributed by atoms with Gasteiger partial charge in [-0.05, 0) is 37.6 Å². The first kappa shape index (κ1) is 16.5. The molecule has 4 N–H and O–H groups in total. The van der Waals surface area contributed by atoms with Crippen molar-refractivity contribution in [1.82, 2.24) is 0 Å². The first-order chi connectivity index (χ1) is 10.8. The van der Waals surface area contributed by atoms with Gasteiger partial charge in [0.25, 0.3) is 0 Å². The normalized spacial score (nSPS) is 12.1. The van der Waals surface area contributed by atoms with Crippen LogP contribution in [-0.4, -0.2) is 38.6 Å². The van der Waals surface area contributed by atoms with Crippen LogP contribution in [-0.2, 0) is 0 Å². The minimum atomic E-state index is -0.635. The quantitative estimate of drug-likeness (QED) is 0.503. The summed E-state index contributed by atoms with van der Waals surface area (Å²) in [4.78, 5) is 24.7. The molecule has 0 bridgehead atoms. The summed E-state index contributed by atoms with van der Waals surface area (Å²) < 4.78 is 0. The zero-order valence-corrected chi connectivity index (χ0v) is 12.6. The molecule has 0 aliphatic heterocycles. The number of carbonyl (C=O) groups is 2. The molecule has 0 aromatic heterocycles. The molecule has 1 aliphatic carbocycles. The van der Waals surface area contributed by atoms with Gasteiger partial charge >= 0.3 is 0 Å². The predicted molar refractivity (Wildman–Crippen MR) is 82.2 cm³/mol. The first-order valence-corrected chi connectivity index (χ1v) is 6.91. The minimum absolute atomic E-state index is 0.0648. The lowest BCUT2D eigenvalue weighted by Gasteiger charge is -2.19. The Morgan fingerprint density at radius 1 is 0.826 bits per heavy atom. The third-order valence-corrected chi connectivity index (χ3v) is 3.31. The van der Waals surface area contributed by atoms with Crippen LogP contribution in [0.25, 0.3) is 0 Å². The Morgan fingerprint density at radius 2 is 1.30 bits per heavy atom. The number of benzene rings is 2. The second kappa shape index (κ2) is 6.10. The Bertz CT molecular complexity index is 744. The van der Waals surface area contributed by atoms with Gasteiger partial charge in [0.15, 0.2) is 5.78 Å². The summed E-state index contributed by atoms with van der Waals surface area (Å²) in [5.74, 6) is -2.23. The van der Waals surface area contributed by atoms with E-state index in [1.54, 1.807) is 13.8 Å². The van der Waals surface area contributed by atoms with Crippen molar-refractivity contribution in [1.29, 1.82) is 0 Å². The lowest BCUT2D eigenvalue weighted by Crippen LogP contribution is -2.21. The molecule has 0 saturated carbocycles. The SMILES string of the molecule is CCO.Cc1cc(O)c2c(c1)C(=O)c1cc(O)cc(O)c1C2=O. The van der Waals surface area contributed by atoms with Gasteiger partial charge in [0.2, 0.25) is 5.78 Å². The molecule has 0 radical (unpaired) electrons. The molecule has 0 saturated heterocycles. The maximum absolute atomic E-state index is 12.4. The van der Waals surface area contributed by atoms with E-state index in [-0.39, 0.29) is 40.4 Å². The largest absolute Gasteiger partial charge is 0.508 e. The van der Waals surface area contributed by atoms with Crippen LogP contribution in [0.15, 0.2) is 24.3 Å². The second-order valence-electron chi connectivity index (χ2n) is 5.07. The fourth-order valence-electron chi connectivity index (χ4n) is 2.48. The third-order valence-electron chi connectivity index (χ3n) is 3.31.